The molecule has 1 unspecified atom stereocenters. The van der Waals surface area contributed by atoms with Crippen molar-refractivity contribution < 1.29 is 20.8 Å². The first kappa shape index (κ1) is 16.8. The Balaban J connectivity index is 0.000000188. The maximum absolute atomic E-state index is 4.93. The van der Waals surface area contributed by atoms with E-state index >= 15 is 0 Å². The summed E-state index contributed by atoms with van der Waals surface area (Å²) < 4.78 is 0. The SMILES string of the molecule is Cc1ccc2c(c1)C=[C-]C2C.[Cl][Zr+2][Cl].c1cc[cH-]c1. The van der Waals surface area contributed by atoms with Gasteiger partial charge in [0, 0.05) is 0 Å². The summed E-state index contributed by atoms with van der Waals surface area (Å²) in [6.45, 7) is 4.30. The Morgan fingerprint density at radius 1 is 1.21 bits per heavy atom. The summed E-state index contributed by atoms with van der Waals surface area (Å²) in [4.78, 5) is 0. The smallest absolute Gasteiger partial charge is 0.172 e. The molecule has 3 rings (SSSR count). The van der Waals surface area contributed by atoms with Crippen molar-refractivity contribution in [2.24, 2.45) is 0 Å². The third-order valence-corrected chi connectivity index (χ3v) is 2.75. The molecule has 0 bridgehead atoms. The van der Waals surface area contributed by atoms with Crippen LogP contribution in [0, 0.1) is 13.0 Å². The number of benzene rings is 1. The molecule has 0 nitrogen and oxygen atoms in total. The Morgan fingerprint density at radius 2 is 1.84 bits per heavy atom. The molecule has 2 aromatic rings. The number of rotatable bonds is 0. The molecule has 0 saturated heterocycles. The largest absolute Gasteiger partial charge is 0.214 e. The monoisotopic (exact) mass is 368 g/mol. The van der Waals surface area contributed by atoms with E-state index in [9.17, 15) is 0 Å². The predicted molar refractivity (Wildman–Crippen MR) is 81.0 cm³/mol. The van der Waals surface area contributed by atoms with Crippen LogP contribution in [0.1, 0.15) is 29.5 Å². The van der Waals surface area contributed by atoms with Gasteiger partial charge in [-0.05, 0) is 6.92 Å². The minimum absolute atomic E-state index is 0.491. The Labute approximate surface area is 134 Å². The number of hydrogen-bond donors (Lipinski definition) is 0. The van der Waals surface area contributed by atoms with Crippen molar-refractivity contribution >= 4 is 23.1 Å². The van der Waals surface area contributed by atoms with Gasteiger partial charge < -0.3 is 0 Å². The molecule has 0 heterocycles. The molecule has 1 aliphatic rings. The van der Waals surface area contributed by atoms with Crippen molar-refractivity contribution in [1.82, 2.24) is 0 Å². The van der Waals surface area contributed by atoms with Crippen molar-refractivity contribution in [2.45, 2.75) is 19.8 Å². The van der Waals surface area contributed by atoms with E-state index in [-0.39, 0.29) is 0 Å². The molecule has 0 radical (unpaired) electrons. The first-order valence-corrected chi connectivity index (χ1v) is 12.3. The van der Waals surface area contributed by atoms with Gasteiger partial charge in [0.2, 0.25) is 0 Å². The van der Waals surface area contributed by atoms with Gasteiger partial charge in [0.1, 0.15) is 0 Å². The van der Waals surface area contributed by atoms with Gasteiger partial charge in [-0.1, -0.05) is 30.5 Å². The predicted octanol–water partition coefficient (Wildman–Crippen LogP) is 5.71. The summed E-state index contributed by atoms with van der Waals surface area (Å²) in [5.41, 5.74) is 4.09. The van der Waals surface area contributed by atoms with Crippen molar-refractivity contribution in [1.29, 1.82) is 0 Å². The van der Waals surface area contributed by atoms with E-state index in [0.717, 1.165) is 0 Å². The second-order valence-corrected chi connectivity index (χ2v) is 7.93. The molecule has 3 heteroatoms. The van der Waals surface area contributed by atoms with Gasteiger partial charge in [-0.15, -0.1) is 11.6 Å². The maximum atomic E-state index is 4.93. The summed E-state index contributed by atoms with van der Waals surface area (Å²) in [5, 5.41) is 0. The Kier molecular flexibility index (Phi) is 8.54. The van der Waals surface area contributed by atoms with Gasteiger partial charge in [0.05, 0.1) is 0 Å². The molecule has 0 aliphatic heterocycles. The van der Waals surface area contributed by atoms with Crippen LogP contribution >= 0.6 is 17.0 Å². The van der Waals surface area contributed by atoms with Gasteiger partial charge in [0.15, 0.2) is 0 Å². The molecule has 98 valence electrons. The zero-order valence-corrected chi connectivity index (χ0v) is 15.0. The van der Waals surface area contributed by atoms with Crippen molar-refractivity contribution in [3.8, 4) is 0 Å². The molecule has 1 aliphatic carbocycles. The van der Waals surface area contributed by atoms with Gasteiger partial charge in [-0.3, -0.25) is 6.08 Å². The van der Waals surface area contributed by atoms with Crippen LogP contribution in [0.3, 0.4) is 0 Å². The summed E-state index contributed by atoms with van der Waals surface area (Å²) >= 11 is -0.826. The number of hydrogen-bond acceptors (Lipinski definition) is 0. The van der Waals surface area contributed by atoms with Gasteiger partial charge >= 0.3 is 37.9 Å². The topological polar surface area (TPSA) is 0 Å². The molecular formula is C16H16Cl2Zr. The van der Waals surface area contributed by atoms with Crippen LogP contribution in [0.25, 0.3) is 6.08 Å². The second kappa shape index (κ2) is 9.64. The number of allylic oxidation sites excluding steroid dienone is 1. The van der Waals surface area contributed by atoms with E-state index in [1.165, 1.54) is 16.7 Å². The van der Waals surface area contributed by atoms with Crippen LogP contribution in [0.2, 0.25) is 0 Å². The van der Waals surface area contributed by atoms with Crippen LogP contribution in [-0.2, 0) is 20.8 Å². The molecule has 0 N–H and O–H groups in total. The summed E-state index contributed by atoms with van der Waals surface area (Å²) in [7, 11) is 9.87. The second-order valence-electron chi connectivity index (χ2n) is 4.20. The number of halogens is 2. The van der Waals surface area contributed by atoms with Gasteiger partial charge in [-0.25, -0.2) is 18.2 Å². The molecule has 0 saturated carbocycles. The molecule has 0 amide bonds. The normalized spacial score (nSPS) is 14.4. The molecular weight excluding hydrogens is 354 g/mol. The fourth-order valence-corrected chi connectivity index (χ4v) is 1.84. The van der Waals surface area contributed by atoms with E-state index < -0.39 is 20.8 Å². The molecule has 19 heavy (non-hydrogen) atoms. The summed E-state index contributed by atoms with van der Waals surface area (Å²) in [6.07, 6.45) is 5.38. The van der Waals surface area contributed by atoms with Crippen molar-refractivity contribution in [2.75, 3.05) is 0 Å². The van der Waals surface area contributed by atoms with Crippen molar-refractivity contribution in [3.63, 3.8) is 0 Å². The van der Waals surface area contributed by atoms with Crippen molar-refractivity contribution in [3.05, 3.63) is 71.3 Å². The van der Waals surface area contributed by atoms with E-state index in [0.29, 0.717) is 5.92 Å². The molecule has 2 aromatic carbocycles. The van der Waals surface area contributed by atoms with E-state index in [2.05, 4.69) is 44.2 Å². The minimum atomic E-state index is -0.826. The van der Waals surface area contributed by atoms with Crippen LogP contribution in [0.5, 0.6) is 0 Å². The minimum Gasteiger partial charge on any atom is -0.214 e. The first-order valence-electron chi connectivity index (χ1n) is 6.01. The third-order valence-electron chi connectivity index (χ3n) is 2.75. The Morgan fingerprint density at radius 3 is 2.37 bits per heavy atom. The zero-order valence-electron chi connectivity index (χ0n) is 11.0. The fourth-order valence-electron chi connectivity index (χ4n) is 1.84. The van der Waals surface area contributed by atoms with E-state index in [4.69, 9.17) is 17.0 Å². The average molecular weight is 370 g/mol. The fraction of sp³-hybridized carbons (Fsp3) is 0.188. The van der Waals surface area contributed by atoms with Crippen LogP contribution in [0.4, 0.5) is 0 Å². The molecule has 0 spiro atoms. The molecule has 1 atom stereocenters. The van der Waals surface area contributed by atoms with Gasteiger partial charge in [0.25, 0.3) is 0 Å². The Hall–Kier alpha value is -0.227. The summed E-state index contributed by atoms with van der Waals surface area (Å²) in [6, 6.07) is 16.6. The zero-order chi connectivity index (χ0) is 14.1. The Bertz CT molecular complexity index is 472. The first-order chi connectivity index (χ1) is 9.19. The number of aryl methyl sites for hydroxylation is 1. The van der Waals surface area contributed by atoms with E-state index in [1.54, 1.807) is 0 Å². The molecule has 0 fully saturated rings. The number of fused-ring (bicyclic) bond motifs is 1. The van der Waals surface area contributed by atoms with E-state index in [1.807, 2.05) is 30.3 Å². The average Bonchev–Trinajstić information content (AvgIpc) is 3.04. The van der Waals surface area contributed by atoms with Gasteiger partial charge in [-0.2, -0.15) is 23.8 Å². The standard InChI is InChI=1S/C11H11.C5H5.2ClH.Zr/c1-8-3-6-11-9(2)4-5-10(11)7-8;1-2-4-5-3-1;;;/h3,5-7,9H,1-2H3;1-5H;2*1H;/q2*-1;;;+4/p-2. The van der Waals surface area contributed by atoms with Crippen LogP contribution in [0.15, 0.2) is 48.5 Å². The maximum Gasteiger partial charge on any atom is -0.172 e. The van der Waals surface area contributed by atoms with Crippen LogP contribution < -0.4 is 0 Å². The molecule has 0 aromatic heterocycles. The quantitative estimate of drug-likeness (QED) is 0.521. The third kappa shape index (κ3) is 6.17. The summed E-state index contributed by atoms with van der Waals surface area (Å²) in [5.74, 6) is 0.491. The van der Waals surface area contributed by atoms with Crippen LogP contribution in [-0.4, -0.2) is 0 Å².